The van der Waals surface area contributed by atoms with Crippen LogP contribution in [-0.4, -0.2) is 29.7 Å². The van der Waals surface area contributed by atoms with E-state index in [1.807, 2.05) is 0 Å². The first-order chi connectivity index (χ1) is 9.35. The quantitative estimate of drug-likeness (QED) is 0.802. The van der Waals surface area contributed by atoms with Crippen molar-refractivity contribution in [2.75, 3.05) is 19.0 Å². The molecule has 1 aromatic rings. The van der Waals surface area contributed by atoms with Crippen LogP contribution in [0.25, 0.3) is 0 Å². The van der Waals surface area contributed by atoms with Crippen molar-refractivity contribution in [2.24, 2.45) is 0 Å². The number of hydrogen-bond acceptors (Lipinski definition) is 4. The van der Waals surface area contributed by atoms with Gasteiger partial charge in [-0.2, -0.15) is 0 Å². The van der Waals surface area contributed by atoms with Gasteiger partial charge in [0.25, 0.3) is 0 Å². The highest BCUT2D eigenvalue weighted by Gasteiger charge is 2.16. The number of aromatic nitrogens is 2. The Bertz CT molecular complexity index is 389. The molecule has 0 saturated heterocycles. The molecule has 106 valence electrons. The maximum Gasteiger partial charge on any atom is 0.133 e. The molecule has 2 rings (SSSR count). The number of anilines is 1. The zero-order chi connectivity index (χ0) is 13.5. The summed E-state index contributed by atoms with van der Waals surface area (Å²) < 4.78 is 5.29. The van der Waals surface area contributed by atoms with Crippen LogP contribution in [0.1, 0.15) is 50.3 Å². The third kappa shape index (κ3) is 3.90. The second kappa shape index (κ2) is 7.43. The van der Waals surface area contributed by atoms with Gasteiger partial charge in [0.2, 0.25) is 0 Å². The van der Waals surface area contributed by atoms with E-state index in [9.17, 15) is 0 Å². The number of nitrogens with zero attached hydrogens (tertiary/aromatic N) is 2. The van der Waals surface area contributed by atoms with E-state index in [2.05, 4.69) is 22.2 Å². The molecule has 1 unspecified atom stereocenters. The van der Waals surface area contributed by atoms with E-state index in [-0.39, 0.29) is 0 Å². The molecule has 1 heterocycles. The van der Waals surface area contributed by atoms with Crippen LogP contribution in [0, 0.1) is 0 Å². The summed E-state index contributed by atoms with van der Waals surface area (Å²) >= 11 is 0. The molecule has 1 aliphatic carbocycles. The van der Waals surface area contributed by atoms with Gasteiger partial charge in [-0.15, -0.1) is 0 Å². The van der Waals surface area contributed by atoms with E-state index in [0.717, 1.165) is 38.1 Å². The first-order valence-corrected chi connectivity index (χ1v) is 7.43. The second-order valence-corrected chi connectivity index (χ2v) is 5.29. The molecule has 0 amide bonds. The van der Waals surface area contributed by atoms with Crippen molar-refractivity contribution in [3.05, 3.63) is 17.6 Å². The smallest absolute Gasteiger partial charge is 0.133 e. The lowest BCUT2D eigenvalue weighted by atomic mass is 10.1. The lowest BCUT2D eigenvalue weighted by molar-refractivity contribution is 0.182. The Balaban J connectivity index is 2.14. The van der Waals surface area contributed by atoms with Gasteiger partial charge in [0.1, 0.15) is 12.1 Å². The van der Waals surface area contributed by atoms with E-state index in [1.165, 1.54) is 30.5 Å². The van der Waals surface area contributed by atoms with Gasteiger partial charge >= 0.3 is 0 Å². The van der Waals surface area contributed by atoms with Crippen molar-refractivity contribution in [3.63, 3.8) is 0 Å². The summed E-state index contributed by atoms with van der Waals surface area (Å²) in [5.41, 5.74) is 2.57. The minimum Gasteiger partial charge on any atom is -0.383 e. The molecule has 0 saturated carbocycles. The third-order valence-corrected chi connectivity index (χ3v) is 3.72. The number of fused-ring (bicyclic) bond motifs is 1. The zero-order valence-corrected chi connectivity index (χ0v) is 12.1. The number of rotatable bonds is 6. The Morgan fingerprint density at radius 3 is 2.89 bits per heavy atom. The van der Waals surface area contributed by atoms with Crippen molar-refractivity contribution < 1.29 is 4.74 Å². The lowest BCUT2D eigenvalue weighted by Crippen LogP contribution is -2.26. The average molecular weight is 263 g/mol. The number of aryl methyl sites for hydroxylation is 1. The van der Waals surface area contributed by atoms with Crippen LogP contribution >= 0.6 is 0 Å². The largest absolute Gasteiger partial charge is 0.383 e. The molecular formula is C15H25N3O. The van der Waals surface area contributed by atoms with Crippen LogP contribution in [0.3, 0.4) is 0 Å². The number of hydrogen-bond donors (Lipinski definition) is 1. The highest BCUT2D eigenvalue weighted by Crippen LogP contribution is 2.24. The van der Waals surface area contributed by atoms with Gasteiger partial charge < -0.3 is 10.1 Å². The number of nitrogens with one attached hydrogen (secondary N) is 1. The average Bonchev–Trinajstić information content (AvgIpc) is 2.65. The normalized spacial score (nSPS) is 16.5. The lowest BCUT2D eigenvalue weighted by Gasteiger charge is -2.20. The summed E-state index contributed by atoms with van der Waals surface area (Å²) in [6.07, 6.45) is 9.94. The Labute approximate surface area is 116 Å². The van der Waals surface area contributed by atoms with Crippen molar-refractivity contribution in [3.8, 4) is 0 Å². The summed E-state index contributed by atoms with van der Waals surface area (Å²) in [5.74, 6) is 1.03. The molecule has 0 spiro atoms. The van der Waals surface area contributed by atoms with Crippen LogP contribution in [0.15, 0.2) is 6.33 Å². The summed E-state index contributed by atoms with van der Waals surface area (Å²) in [4.78, 5) is 8.92. The fraction of sp³-hybridized carbons (Fsp3) is 0.733. The van der Waals surface area contributed by atoms with Gasteiger partial charge in [0, 0.05) is 18.4 Å². The molecule has 0 aromatic carbocycles. The summed E-state index contributed by atoms with van der Waals surface area (Å²) in [6, 6.07) is 0.345. The fourth-order valence-corrected chi connectivity index (χ4v) is 2.76. The van der Waals surface area contributed by atoms with Crippen molar-refractivity contribution in [2.45, 2.75) is 57.9 Å². The Kier molecular flexibility index (Phi) is 5.58. The van der Waals surface area contributed by atoms with Crippen molar-refractivity contribution in [1.82, 2.24) is 9.97 Å². The summed E-state index contributed by atoms with van der Waals surface area (Å²) in [6.45, 7) is 2.93. The van der Waals surface area contributed by atoms with Gasteiger partial charge in [0.05, 0.1) is 12.6 Å². The van der Waals surface area contributed by atoms with E-state index in [0.29, 0.717) is 6.04 Å². The predicted octanol–water partition coefficient (Wildman–Crippen LogP) is 2.97. The minimum atomic E-state index is 0.345. The molecule has 4 heteroatoms. The first kappa shape index (κ1) is 14.3. The maximum absolute atomic E-state index is 5.29. The SMILES string of the molecule is CCCC(COC)Nc1ncnc2c1CCCCC2. The fourth-order valence-electron chi connectivity index (χ4n) is 2.76. The van der Waals surface area contributed by atoms with E-state index in [1.54, 1.807) is 13.4 Å². The first-order valence-electron chi connectivity index (χ1n) is 7.43. The molecule has 19 heavy (non-hydrogen) atoms. The molecule has 0 fully saturated rings. The standard InChI is InChI=1S/C15H25N3O/c1-3-7-12(10-19-2)18-15-13-8-5-4-6-9-14(13)16-11-17-15/h11-12H,3-10H2,1-2H3,(H,16,17,18). The van der Waals surface area contributed by atoms with E-state index in [4.69, 9.17) is 4.74 Å². The van der Waals surface area contributed by atoms with Gasteiger partial charge in [0.15, 0.2) is 0 Å². The van der Waals surface area contributed by atoms with Gasteiger partial charge in [-0.3, -0.25) is 0 Å². The van der Waals surface area contributed by atoms with Gasteiger partial charge in [-0.1, -0.05) is 19.8 Å². The summed E-state index contributed by atoms with van der Waals surface area (Å²) in [5, 5.41) is 3.56. The highest BCUT2D eigenvalue weighted by molar-refractivity contribution is 5.47. The summed E-state index contributed by atoms with van der Waals surface area (Å²) in [7, 11) is 1.75. The maximum atomic E-state index is 5.29. The van der Waals surface area contributed by atoms with Crippen molar-refractivity contribution >= 4 is 5.82 Å². The second-order valence-electron chi connectivity index (χ2n) is 5.29. The van der Waals surface area contributed by atoms with Crippen LogP contribution < -0.4 is 5.32 Å². The predicted molar refractivity (Wildman–Crippen MR) is 77.5 cm³/mol. The van der Waals surface area contributed by atoms with Gasteiger partial charge in [-0.25, -0.2) is 9.97 Å². The Hall–Kier alpha value is -1.16. The molecule has 1 aliphatic rings. The molecular weight excluding hydrogens is 238 g/mol. The molecule has 0 bridgehead atoms. The molecule has 1 atom stereocenters. The van der Waals surface area contributed by atoms with Crippen LogP contribution in [0.5, 0.6) is 0 Å². The highest BCUT2D eigenvalue weighted by atomic mass is 16.5. The van der Waals surface area contributed by atoms with Crippen LogP contribution in [-0.2, 0) is 17.6 Å². The van der Waals surface area contributed by atoms with Crippen LogP contribution in [0.4, 0.5) is 5.82 Å². The minimum absolute atomic E-state index is 0.345. The van der Waals surface area contributed by atoms with Crippen molar-refractivity contribution in [1.29, 1.82) is 0 Å². The van der Waals surface area contributed by atoms with Gasteiger partial charge in [-0.05, 0) is 32.1 Å². The van der Waals surface area contributed by atoms with E-state index < -0.39 is 0 Å². The molecule has 1 aromatic heterocycles. The number of ether oxygens (including phenoxy) is 1. The monoisotopic (exact) mass is 263 g/mol. The topological polar surface area (TPSA) is 47.0 Å². The Morgan fingerprint density at radius 2 is 2.11 bits per heavy atom. The number of methoxy groups -OCH3 is 1. The molecule has 0 radical (unpaired) electrons. The van der Waals surface area contributed by atoms with Crippen LogP contribution in [0.2, 0.25) is 0 Å². The zero-order valence-electron chi connectivity index (χ0n) is 12.1. The Morgan fingerprint density at radius 1 is 1.26 bits per heavy atom. The molecule has 0 aliphatic heterocycles. The molecule has 1 N–H and O–H groups in total. The van der Waals surface area contributed by atoms with E-state index >= 15 is 0 Å². The molecule has 4 nitrogen and oxygen atoms in total. The third-order valence-electron chi connectivity index (χ3n) is 3.72.